The Bertz CT molecular complexity index is 982. The second kappa shape index (κ2) is 4.91. The molecule has 0 aromatic heterocycles. The van der Waals surface area contributed by atoms with Crippen molar-refractivity contribution in [2.75, 3.05) is 31.6 Å². The molecule has 7 aliphatic rings. The Hall–Kier alpha value is -1.80. The molecule has 6 fully saturated rings. The fourth-order valence-electron chi connectivity index (χ4n) is 7.47. The van der Waals surface area contributed by atoms with Crippen molar-refractivity contribution >= 4 is 17.4 Å². The lowest BCUT2D eigenvalue weighted by molar-refractivity contribution is -0.182. The first-order chi connectivity index (χ1) is 13.9. The SMILES string of the molecule is CN1CC[C@@]23C(=O)C[C@]4(O)[C@@H]5[C@@H]2N(C(=O)C[C@H]5OC[C@H]2O[C@]24C1)c1ccccc13. The average Bonchev–Trinajstić information content (AvgIpc) is 3.31. The van der Waals surface area contributed by atoms with Crippen LogP contribution in [0.4, 0.5) is 5.69 Å². The quantitative estimate of drug-likeness (QED) is 0.633. The van der Waals surface area contributed by atoms with E-state index in [9.17, 15) is 14.7 Å². The number of carbonyl (C=O) groups is 2. The van der Waals surface area contributed by atoms with Gasteiger partial charge in [0, 0.05) is 24.6 Å². The number of ether oxygens (including phenoxy) is 2. The molecule has 8 rings (SSSR count). The highest BCUT2D eigenvalue weighted by Crippen LogP contribution is 2.66. The Morgan fingerprint density at radius 1 is 1.24 bits per heavy atom. The van der Waals surface area contributed by atoms with E-state index in [1.807, 2.05) is 36.2 Å². The summed E-state index contributed by atoms with van der Waals surface area (Å²) in [6, 6.07) is 7.40. The van der Waals surface area contributed by atoms with Crippen molar-refractivity contribution in [1.82, 2.24) is 4.90 Å². The van der Waals surface area contributed by atoms with Gasteiger partial charge in [0.05, 0.1) is 30.6 Å². The van der Waals surface area contributed by atoms with Gasteiger partial charge < -0.3 is 24.4 Å². The van der Waals surface area contributed by atoms with Crippen LogP contribution in [-0.4, -0.2) is 77.9 Å². The zero-order chi connectivity index (χ0) is 19.8. The Labute approximate surface area is 168 Å². The lowest BCUT2D eigenvalue weighted by Crippen LogP contribution is -2.74. The number of anilines is 1. The molecule has 5 saturated heterocycles. The number of Topliss-reactive ketones (excluding diaryl/α,β-unsaturated/α-hetero) is 1. The molecule has 6 heterocycles. The standard InChI is InChI=1S/C22H24N2O5/c1-23-7-6-20-12-4-2-3-5-13(12)24-17(26)8-14-18(19(20)24)21(27,9-15(20)25)22(11-23)16(29-22)10-28-14/h2-5,14,16,18-19,27H,6-11H2,1H3/t14-,16-,18+,19+,20-,21+,22-/m1/s1. The minimum absolute atomic E-state index is 0.0132. The number of ketones is 1. The molecule has 7 nitrogen and oxygen atoms in total. The van der Waals surface area contributed by atoms with Crippen LogP contribution in [0.15, 0.2) is 24.3 Å². The topological polar surface area (TPSA) is 82.6 Å². The largest absolute Gasteiger partial charge is 0.386 e. The minimum Gasteiger partial charge on any atom is -0.386 e. The van der Waals surface area contributed by atoms with E-state index in [0.29, 0.717) is 26.1 Å². The summed E-state index contributed by atoms with van der Waals surface area (Å²) in [5.41, 5.74) is -1.15. The van der Waals surface area contributed by atoms with E-state index >= 15 is 0 Å². The molecule has 7 heteroatoms. The van der Waals surface area contributed by atoms with Gasteiger partial charge in [0.15, 0.2) is 0 Å². The molecule has 4 bridgehead atoms. The van der Waals surface area contributed by atoms with Crippen molar-refractivity contribution in [1.29, 1.82) is 0 Å². The van der Waals surface area contributed by atoms with Gasteiger partial charge in [-0.3, -0.25) is 9.59 Å². The maximum absolute atomic E-state index is 13.9. The number of carbonyl (C=O) groups excluding carboxylic acids is 2. The number of para-hydroxylation sites is 1. The van der Waals surface area contributed by atoms with Crippen LogP contribution < -0.4 is 4.90 Å². The van der Waals surface area contributed by atoms with Gasteiger partial charge in [-0.1, -0.05) is 18.2 Å². The molecule has 2 spiro atoms. The van der Waals surface area contributed by atoms with Crippen molar-refractivity contribution < 1.29 is 24.2 Å². The lowest BCUT2D eigenvalue weighted by atomic mass is 9.52. The summed E-state index contributed by atoms with van der Waals surface area (Å²) in [5.74, 6) is -0.319. The van der Waals surface area contributed by atoms with E-state index in [4.69, 9.17) is 9.47 Å². The first-order valence-electron chi connectivity index (χ1n) is 10.6. The summed E-state index contributed by atoms with van der Waals surface area (Å²) < 4.78 is 12.3. The van der Waals surface area contributed by atoms with Crippen molar-refractivity contribution in [2.45, 2.75) is 54.1 Å². The summed E-state index contributed by atoms with van der Waals surface area (Å²) in [4.78, 5) is 31.2. The molecular formula is C22H24N2O5. The highest BCUT2D eigenvalue weighted by atomic mass is 16.7. The van der Waals surface area contributed by atoms with Gasteiger partial charge in [0.25, 0.3) is 0 Å². The number of hydrogen-bond donors (Lipinski definition) is 1. The molecule has 152 valence electrons. The summed E-state index contributed by atoms with van der Waals surface area (Å²) in [5, 5.41) is 12.2. The van der Waals surface area contributed by atoms with Crippen LogP contribution in [0.2, 0.25) is 0 Å². The first-order valence-corrected chi connectivity index (χ1v) is 10.6. The maximum Gasteiger partial charge on any atom is 0.229 e. The van der Waals surface area contributed by atoms with Gasteiger partial charge in [-0.2, -0.15) is 0 Å². The summed E-state index contributed by atoms with van der Waals surface area (Å²) in [6.45, 7) is 1.66. The molecule has 1 aliphatic carbocycles. The first kappa shape index (κ1) is 16.9. The molecule has 1 saturated carbocycles. The number of benzene rings is 1. The van der Waals surface area contributed by atoms with Crippen LogP contribution in [0.1, 0.15) is 24.8 Å². The van der Waals surface area contributed by atoms with Gasteiger partial charge in [0.2, 0.25) is 5.91 Å². The van der Waals surface area contributed by atoms with Gasteiger partial charge in [-0.25, -0.2) is 0 Å². The normalized spacial score (nSPS) is 49.7. The summed E-state index contributed by atoms with van der Waals surface area (Å²) >= 11 is 0. The van der Waals surface area contributed by atoms with Crippen LogP contribution in [0, 0.1) is 5.92 Å². The van der Waals surface area contributed by atoms with E-state index < -0.39 is 22.7 Å². The number of hydrogen-bond acceptors (Lipinski definition) is 6. The summed E-state index contributed by atoms with van der Waals surface area (Å²) in [6.07, 6.45) is 0.321. The second-order valence-corrected chi connectivity index (χ2v) is 9.81. The van der Waals surface area contributed by atoms with Gasteiger partial charge >= 0.3 is 0 Å². The van der Waals surface area contributed by atoms with E-state index in [1.54, 1.807) is 0 Å². The van der Waals surface area contributed by atoms with Gasteiger partial charge in [-0.15, -0.1) is 0 Å². The Balaban J connectivity index is 1.56. The molecule has 7 atom stereocenters. The maximum atomic E-state index is 13.9. The number of likely N-dealkylation sites (N-methyl/N-ethyl adjacent to an activating group) is 1. The van der Waals surface area contributed by atoms with Crippen LogP contribution in [0.3, 0.4) is 0 Å². The number of fused-ring (bicyclic) bond motifs is 6. The zero-order valence-electron chi connectivity index (χ0n) is 16.3. The van der Waals surface area contributed by atoms with Crippen LogP contribution in [-0.2, 0) is 24.5 Å². The second-order valence-electron chi connectivity index (χ2n) is 9.81. The zero-order valence-corrected chi connectivity index (χ0v) is 16.3. The molecule has 1 N–H and O–H groups in total. The van der Waals surface area contributed by atoms with Crippen LogP contribution in [0.25, 0.3) is 0 Å². The van der Waals surface area contributed by atoms with Crippen molar-refractivity contribution in [3.8, 4) is 0 Å². The van der Waals surface area contributed by atoms with E-state index in [2.05, 4.69) is 4.90 Å². The predicted molar refractivity (Wildman–Crippen MR) is 102 cm³/mol. The number of rotatable bonds is 0. The molecule has 1 aromatic rings. The smallest absolute Gasteiger partial charge is 0.229 e. The van der Waals surface area contributed by atoms with Gasteiger partial charge in [0.1, 0.15) is 23.1 Å². The van der Waals surface area contributed by atoms with Crippen LogP contribution in [0.5, 0.6) is 0 Å². The van der Waals surface area contributed by atoms with E-state index in [0.717, 1.165) is 11.3 Å². The molecule has 29 heavy (non-hydrogen) atoms. The molecule has 1 amide bonds. The van der Waals surface area contributed by atoms with Crippen LogP contribution >= 0.6 is 0 Å². The third kappa shape index (κ3) is 1.66. The molecule has 0 unspecified atom stereocenters. The molecular weight excluding hydrogens is 372 g/mol. The number of aliphatic hydroxyl groups is 1. The number of amides is 1. The minimum atomic E-state index is -1.33. The third-order valence-electron chi connectivity index (χ3n) is 8.69. The van der Waals surface area contributed by atoms with Crippen molar-refractivity contribution in [3.63, 3.8) is 0 Å². The monoisotopic (exact) mass is 396 g/mol. The number of epoxide rings is 1. The molecule has 6 aliphatic heterocycles. The van der Waals surface area contributed by atoms with E-state index in [1.165, 1.54) is 0 Å². The third-order valence-corrected chi connectivity index (χ3v) is 8.69. The van der Waals surface area contributed by atoms with Crippen molar-refractivity contribution in [3.05, 3.63) is 29.8 Å². The lowest BCUT2D eigenvalue weighted by Gasteiger charge is -2.57. The fourth-order valence-corrected chi connectivity index (χ4v) is 7.47. The number of nitrogens with zero attached hydrogens (tertiary/aromatic N) is 2. The highest BCUT2D eigenvalue weighted by Gasteiger charge is 2.81. The average molecular weight is 396 g/mol. The summed E-state index contributed by atoms with van der Waals surface area (Å²) in [7, 11) is 2.03. The van der Waals surface area contributed by atoms with E-state index in [-0.39, 0.29) is 42.7 Å². The highest BCUT2D eigenvalue weighted by molar-refractivity contribution is 6.06. The fraction of sp³-hybridized carbons (Fsp3) is 0.636. The molecule has 0 radical (unpaired) electrons. The Morgan fingerprint density at radius 2 is 2.07 bits per heavy atom. The Kier molecular flexibility index (Phi) is 2.87. The Morgan fingerprint density at radius 3 is 2.93 bits per heavy atom. The van der Waals surface area contributed by atoms with Gasteiger partial charge in [-0.05, 0) is 31.6 Å². The van der Waals surface area contributed by atoms with Crippen molar-refractivity contribution in [2.24, 2.45) is 5.92 Å². The number of piperidine rings is 1. The molecule has 1 aromatic carbocycles. The predicted octanol–water partition coefficient (Wildman–Crippen LogP) is 0.235.